The summed E-state index contributed by atoms with van der Waals surface area (Å²) in [7, 11) is 0. The van der Waals surface area contributed by atoms with E-state index in [4.69, 9.17) is 18.9 Å². The number of aliphatic hydroxyl groups is 8. The molecule has 0 aliphatic carbocycles. The Bertz CT molecular complexity index is 1500. The first-order chi connectivity index (χ1) is 34.1. The fraction of sp³-hybridized carbons (Fsp3) is 0.732. The quantitative estimate of drug-likeness (QED) is 0.0212. The van der Waals surface area contributed by atoms with Gasteiger partial charge in [-0.25, -0.2) is 0 Å². The summed E-state index contributed by atoms with van der Waals surface area (Å²) in [5.41, 5.74) is 0. The van der Waals surface area contributed by atoms with Gasteiger partial charge < -0.3 is 65.1 Å². The van der Waals surface area contributed by atoms with Crippen LogP contribution in [0.3, 0.4) is 0 Å². The first kappa shape index (κ1) is 63.3. The highest BCUT2D eigenvalue weighted by molar-refractivity contribution is 5.76. The number of nitrogens with one attached hydrogen (secondary N) is 1. The standard InChI is InChI=1S/C56H95NO13/c1-3-5-7-9-11-13-15-17-18-19-20-21-22-23-24-25-26-28-30-32-34-36-38-40-48(61)57-44(45(60)39-37-35-33-31-29-27-16-14-12-10-8-6-4-2)43-67-55-53(66)51(64)54(47(42-59)69-55)70-56-52(65)50(63)49(62)46(41-58)68-56/h5,7,11,13,17-18,20-21,23-24,29,31,37,39,44-47,49-56,58-60,62-66H,3-4,6,8-10,12,14-16,19,22,25-28,30,32-36,38,40-43H2,1-2H3,(H,57,61)/b7-5-,13-11-,18-17-,21-20-,24-23-,31-29+,39-37+. The van der Waals surface area contributed by atoms with Crippen molar-refractivity contribution in [3.05, 3.63) is 85.1 Å². The molecule has 0 spiro atoms. The van der Waals surface area contributed by atoms with Gasteiger partial charge in [0.15, 0.2) is 12.6 Å². The smallest absolute Gasteiger partial charge is 0.220 e. The van der Waals surface area contributed by atoms with E-state index in [1.165, 1.54) is 51.4 Å². The minimum Gasteiger partial charge on any atom is -0.394 e. The summed E-state index contributed by atoms with van der Waals surface area (Å²) in [6.07, 6.45) is 37.6. The molecule has 14 nitrogen and oxygen atoms in total. The van der Waals surface area contributed by atoms with Crippen LogP contribution < -0.4 is 5.32 Å². The molecule has 14 heteroatoms. The number of amides is 1. The summed E-state index contributed by atoms with van der Waals surface area (Å²) < 4.78 is 22.7. The molecular formula is C56H95NO13. The lowest BCUT2D eigenvalue weighted by Gasteiger charge is -2.46. The highest BCUT2D eigenvalue weighted by atomic mass is 16.7. The van der Waals surface area contributed by atoms with Crippen LogP contribution in [0.5, 0.6) is 0 Å². The number of hydrogen-bond acceptors (Lipinski definition) is 13. The van der Waals surface area contributed by atoms with Crippen molar-refractivity contribution in [2.75, 3.05) is 19.8 Å². The molecule has 0 saturated carbocycles. The molecule has 2 saturated heterocycles. The number of allylic oxidation sites excluding steroid dienone is 13. The molecule has 12 atom stereocenters. The van der Waals surface area contributed by atoms with Gasteiger partial charge in [-0.3, -0.25) is 4.79 Å². The minimum atomic E-state index is -1.79. The molecule has 9 N–H and O–H groups in total. The van der Waals surface area contributed by atoms with E-state index in [-0.39, 0.29) is 18.9 Å². The van der Waals surface area contributed by atoms with E-state index < -0.39 is 86.8 Å². The zero-order chi connectivity index (χ0) is 51.0. The third-order valence-electron chi connectivity index (χ3n) is 12.6. The number of aliphatic hydroxyl groups excluding tert-OH is 8. The summed E-state index contributed by atoms with van der Waals surface area (Å²) >= 11 is 0. The predicted octanol–water partition coefficient (Wildman–Crippen LogP) is 7.77. The van der Waals surface area contributed by atoms with Crippen molar-refractivity contribution < 1.29 is 64.6 Å². The fourth-order valence-electron chi connectivity index (χ4n) is 8.21. The van der Waals surface area contributed by atoms with Crippen LogP contribution in [0.15, 0.2) is 85.1 Å². The Morgan fingerprint density at radius 2 is 1.00 bits per heavy atom. The lowest BCUT2D eigenvalue weighted by atomic mass is 9.97. The van der Waals surface area contributed by atoms with Gasteiger partial charge in [-0.1, -0.05) is 170 Å². The summed E-state index contributed by atoms with van der Waals surface area (Å²) in [6, 6.07) is -0.941. The zero-order valence-electron chi connectivity index (χ0n) is 42.7. The normalized spacial score (nSPS) is 26.7. The Hall–Kier alpha value is -2.83. The van der Waals surface area contributed by atoms with E-state index >= 15 is 0 Å². The molecule has 0 radical (unpaired) electrons. The Labute approximate surface area is 420 Å². The van der Waals surface area contributed by atoms with E-state index in [0.29, 0.717) is 12.8 Å². The molecule has 2 aliphatic rings. The van der Waals surface area contributed by atoms with Gasteiger partial charge >= 0.3 is 0 Å². The van der Waals surface area contributed by atoms with Crippen LogP contribution in [0.2, 0.25) is 0 Å². The fourth-order valence-corrected chi connectivity index (χ4v) is 8.21. The lowest BCUT2D eigenvalue weighted by Crippen LogP contribution is -2.65. The largest absolute Gasteiger partial charge is 0.394 e. The van der Waals surface area contributed by atoms with E-state index in [1.54, 1.807) is 6.08 Å². The molecule has 2 fully saturated rings. The first-order valence-electron chi connectivity index (χ1n) is 26.8. The highest BCUT2D eigenvalue weighted by Crippen LogP contribution is 2.30. The van der Waals surface area contributed by atoms with Gasteiger partial charge in [-0.05, 0) is 77.0 Å². The lowest BCUT2D eigenvalue weighted by molar-refractivity contribution is -0.359. The van der Waals surface area contributed by atoms with Crippen LogP contribution in [0, 0.1) is 0 Å². The van der Waals surface area contributed by atoms with Crippen molar-refractivity contribution in [2.45, 2.75) is 242 Å². The molecule has 12 unspecified atom stereocenters. The third-order valence-corrected chi connectivity index (χ3v) is 12.6. The van der Waals surface area contributed by atoms with Crippen LogP contribution >= 0.6 is 0 Å². The number of carbonyl (C=O) groups excluding carboxylic acids is 1. The summed E-state index contributed by atoms with van der Waals surface area (Å²) in [6.45, 7) is 2.61. The molecule has 0 aromatic carbocycles. The van der Waals surface area contributed by atoms with Crippen LogP contribution in [0.1, 0.15) is 168 Å². The summed E-state index contributed by atoms with van der Waals surface area (Å²) in [4.78, 5) is 13.2. The molecule has 402 valence electrons. The van der Waals surface area contributed by atoms with Crippen LogP contribution in [0.25, 0.3) is 0 Å². The molecule has 2 rings (SSSR count). The maximum absolute atomic E-state index is 13.2. The monoisotopic (exact) mass is 990 g/mol. The molecule has 0 aromatic rings. The number of hydrogen-bond donors (Lipinski definition) is 9. The van der Waals surface area contributed by atoms with E-state index in [0.717, 1.165) is 83.5 Å². The van der Waals surface area contributed by atoms with Crippen LogP contribution in [-0.4, -0.2) is 140 Å². The maximum Gasteiger partial charge on any atom is 0.220 e. The molecule has 1 amide bonds. The number of unbranched alkanes of at least 4 members (excludes halogenated alkanes) is 15. The van der Waals surface area contributed by atoms with Crippen molar-refractivity contribution in [1.82, 2.24) is 5.32 Å². The van der Waals surface area contributed by atoms with Crippen molar-refractivity contribution >= 4 is 5.91 Å². The average Bonchev–Trinajstić information content (AvgIpc) is 3.36. The number of rotatable bonds is 40. The molecular weight excluding hydrogens is 895 g/mol. The topological polar surface area (TPSA) is 228 Å². The van der Waals surface area contributed by atoms with Gasteiger partial charge in [0.2, 0.25) is 5.91 Å². The Balaban J connectivity index is 1.81. The third kappa shape index (κ3) is 27.8. The second kappa shape index (κ2) is 41.6. The van der Waals surface area contributed by atoms with Gasteiger partial charge in [0, 0.05) is 6.42 Å². The van der Waals surface area contributed by atoms with Gasteiger partial charge in [0.1, 0.15) is 48.8 Å². The summed E-state index contributed by atoms with van der Waals surface area (Å²) in [5, 5.41) is 86.8. The second-order valence-corrected chi connectivity index (χ2v) is 18.6. The zero-order valence-corrected chi connectivity index (χ0v) is 42.7. The maximum atomic E-state index is 13.2. The van der Waals surface area contributed by atoms with Crippen molar-refractivity contribution in [2.24, 2.45) is 0 Å². The van der Waals surface area contributed by atoms with E-state index in [9.17, 15) is 45.6 Å². The van der Waals surface area contributed by atoms with Gasteiger partial charge in [0.05, 0.1) is 32.0 Å². The number of ether oxygens (including phenoxy) is 4. The second-order valence-electron chi connectivity index (χ2n) is 18.6. The van der Waals surface area contributed by atoms with Crippen LogP contribution in [-0.2, 0) is 23.7 Å². The first-order valence-corrected chi connectivity index (χ1v) is 26.8. The van der Waals surface area contributed by atoms with E-state index in [1.807, 2.05) is 6.08 Å². The number of carbonyl (C=O) groups is 1. The Morgan fingerprint density at radius 1 is 0.529 bits per heavy atom. The SMILES string of the molecule is CC/C=C\C/C=C\C/C=C\C/C=C\C/C=C\CCCCCCCCCC(=O)NC(COC1OC(CO)C(OC2OC(CO)C(O)C(O)C2O)C(O)C1O)C(O)/C=C/CC/C=C/CCCCCCCCC. The van der Waals surface area contributed by atoms with Crippen molar-refractivity contribution in [3.63, 3.8) is 0 Å². The van der Waals surface area contributed by atoms with E-state index in [2.05, 4.69) is 92.1 Å². The minimum absolute atomic E-state index is 0.255. The molecule has 2 heterocycles. The Morgan fingerprint density at radius 3 is 1.57 bits per heavy atom. The van der Waals surface area contributed by atoms with Crippen LogP contribution in [0.4, 0.5) is 0 Å². The Kier molecular flexibility index (Phi) is 37.6. The van der Waals surface area contributed by atoms with Gasteiger partial charge in [-0.15, -0.1) is 0 Å². The van der Waals surface area contributed by atoms with Crippen molar-refractivity contribution in [1.29, 1.82) is 0 Å². The van der Waals surface area contributed by atoms with Gasteiger partial charge in [-0.2, -0.15) is 0 Å². The van der Waals surface area contributed by atoms with Crippen molar-refractivity contribution in [3.8, 4) is 0 Å². The molecule has 0 bridgehead atoms. The predicted molar refractivity (Wildman–Crippen MR) is 276 cm³/mol. The highest BCUT2D eigenvalue weighted by Gasteiger charge is 2.51. The molecule has 2 aliphatic heterocycles. The molecule has 0 aromatic heterocycles. The summed E-state index contributed by atoms with van der Waals surface area (Å²) in [5.74, 6) is -0.266. The van der Waals surface area contributed by atoms with Gasteiger partial charge in [0.25, 0.3) is 0 Å². The molecule has 70 heavy (non-hydrogen) atoms. The average molecular weight is 990 g/mol.